The molecule has 158 valence electrons. The van der Waals surface area contributed by atoms with Crippen molar-refractivity contribution in [2.75, 3.05) is 6.54 Å². The van der Waals surface area contributed by atoms with E-state index in [1.54, 1.807) is 29.2 Å². The molecule has 1 atom stereocenters. The standard InChI is InChI=1S/C21H20ClF3N4O/c1-2-15-5-3-4-10-28(15)20(30)17-12-19-26-16(13-6-8-14(22)9-7-13)11-18(21(23,24)25)29(19)27-17/h6-9,11-12,15H,2-5,10H2,1H3/t15-/m1/s1. The van der Waals surface area contributed by atoms with Crippen LogP contribution in [0.2, 0.25) is 5.02 Å². The van der Waals surface area contributed by atoms with E-state index in [-0.39, 0.29) is 29.0 Å². The molecule has 4 rings (SSSR count). The Labute approximate surface area is 176 Å². The predicted molar refractivity (Wildman–Crippen MR) is 107 cm³/mol. The summed E-state index contributed by atoms with van der Waals surface area (Å²) in [4.78, 5) is 19.1. The smallest absolute Gasteiger partial charge is 0.334 e. The number of likely N-dealkylation sites (tertiary alicyclic amines) is 1. The molecule has 5 nitrogen and oxygen atoms in total. The van der Waals surface area contributed by atoms with Crippen LogP contribution in [0.1, 0.15) is 48.8 Å². The SMILES string of the molecule is CC[C@@H]1CCCCN1C(=O)c1cc2nc(-c3ccc(Cl)cc3)cc(C(F)(F)F)n2n1. The van der Waals surface area contributed by atoms with Crippen molar-refractivity contribution in [3.8, 4) is 11.3 Å². The fourth-order valence-corrected chi connectivity index (χ4v) is 4.01. The molecule has 1 saturated heterocycles. The monoisotopic (exact) mass is 436 g/mol. The van der Waals surface area contributed by atoms with Gasteiger partial charge in [0.2, 0.25) is 0 Å². The zero-order valence-corrected chi connectivity index (χ0v) is 17.0. The maximum Gasteiger partial charge on any atom is 0.433 e. The van der Waals surface area contributed by atoms with E-state index in [4.69, 9.17) is 11.6 Å². The molecule has 0 unspecified atom stereocenters. The first-order valence-corrected chi connectivity index (χ1v) is 10.2. The van der Waals surface area contributed by atoms with Crippen molar-refractivity contribution >= 4 is 23.2 Å². The van der Waals surface area contributed by atoms with Crippen LogP contribution in [0.3, 0.4) is 0 Å². The number of benzene rings is 1. The Balaban J connectivity index is 1.81. The van der Waals surface area contributed by atoms with Gasteiger partial charge in [-0.2, -0.15) is 18.3 Å². The Hall–Kier alpha value is -2.61. The van der Waals surface area contributed by atoms with Crippen molar-refractivity contribution in [1.29, 1.82) is 0 Å². The largest absolute Gasteiger partial charge is 0.433 e. The number of alkyl halides is 3. The molecule has 0 N–H and O–H groups in total. The highest BCUT2D eigenvalue weighted by atomic mass is 35.5. The fraction of sp³-hybridized carbons (Fsp3) is 0.381. The summed E-state index contributed by atoms with van der Waals surface area (Å²) < 4.78 is 42.0. The van der Waals surface area contributed by atoms with Gasteiger partial charge in [-0.05, 0) is 43.9 Å². The van der Waals surface area contributed by atoms with E-state index in [1.165, 1.54) is 6.07 Å². The molecular formula is C21H20ClF3N4O. The van der Waals surface area contributed by atoms with Gasteiger partial charge in [0.15, 0.2) is 17.0 Å². The Kier molecular flexibility index (Phi) is 5.44. The summed E-state index contributed by atoms with van der Waals surface area (Å²) in [5.41, 5.74) is -0.412. The van der Waals surface area contributed by atoms with E-state index in [2.05, 4.69) is 10.1 Å². The van der Waals surface area contributed by atoms with Gasteiger partial charge in [0.05, 0.1) is 5.69 Å². The first kappa shape index (κ1) is 20.7. The molecule has 3 aromatic rings. The van der Waals surface area contributed by atoms with Crippen LogP contribution in [0, 0.1) is 0 Å². The average Bonchev–Trinajstić information content (AvgIpc) is 3.16. The predicted octanol–water partition coefficient (Wildman–Crippen LogP) is 5.47. The summed E-state index contributed by atoms with van der Waals surface area (Å²) >= 11 is 5.88. The molecule has 1 aromatic carbocycles. The molecule has 0 bridgehead atoms. The number of aromatic nitrogens is 3. The van der Waals surface area contributed by atoms with Crippen LogP contribution in [0.15, 0.2) is 36.4 Å². The van der Waals surface area contributed by atoms with Crippen molar-refractivity contribution in [2.24, 2.45) is 0 Å². The molecule has 1 fully saturated rings. The van der Waals surface area contributed by atoms with Crippen LogP contribution in [0.25, 0.3) is 16.9 Å². The molecule has 0 aliphatic carbocycles. The minimum absolute atomic E-state index is 0.0248. The molecule has 30 heavy (non-hydrogen) atoms. The summed E-state index contributed by atoms with van der Waals surface area (Å²) in [6.45, 7) is 2.59. The summed E-state index contributed by atoms with van der Waals surface area (Å²) in [5, 5.41) is 4.47. The van der Waals surface area contributed by atoms with Gasteiger partial charge in [0.1, 0.15) is 0 Å². The number of nitrogens with zero attached hydrogens (tertiary/aromatic N) is 4. The van der Waals surface area contributed by atoms with E-state index in [0.29, 0.717) is 21.6 Å². The second-order valence-electron chi connectivity index (χ2n) is 7.39. The highest BCUT2D eigenvalue weighted by molar-refractivity contribution is 6.30. The maximum absolute atomic E-state index is 13.8. The number of carbonyl (C=O) groups is 1. The average molecular weight is 437 g/mol. The molecule has 1 amide bonds. The summed E-state index contributed by atoms with van der Waals surface area (Å²) in [6, 6.07) is 8.72. The van der Waals surface area contributed by atoms with Gasteiger partial charge in [-0.15, -0.1) is 0 Å². The zero-order chi connectivity index (χ0) is 21.5. The highest BCUT2D eigenvalue weighted by Gasteiger charge is 2.36. The first-order valence-electron chi connectivity index (χ1n) is 9.83. The van der Waals surface area contributed by atoms with E-state index in [1.807, 2.05) is 6.92 Å². The summed E-state index contributed by atoms with van der Waals surface area (Å²) in [7, 11) is 0. The Morgan fingerprint density at radius 3 is 2.60 bits per heavy atom. The van der Waals surface area contributed by atoms with Gasteiger partial charge < -0.3 is 4.90 Å². The van der Waals surface area contributed by atoms with Crippen molar-refractivity contribution in [3.05, 3.63) is 52.8 Å². The quantitative estimate of drug-likeness (QED) is 0.546. The van der Waals surface area contributed by atoms with E-state index >= 15 is 0 Å². The molecule has 3 heterocycles. The number of hydrogen-bond donors (Lipinski definition) is 0. The lowest BCUT2D eigenvalue weighted by Gasteiger charge is -2.34. The second kappa shape index (κ2) is 7.91. The first-order chi connectivity index (χ1) is 14.3. The van der Waals surface area contributed by atoms with Crippen LogP contribution in [0.5, 0.6) is 0 Å². The third-order valence-corrected chi connectivity index (χ3v) is 5.69. The molecule has 2 aromatic heterocycles. The number of piperidine rings is 1. The third kappa shape index (κ3) is 3.88. The van der Waals surface area contributed by atoms with Crippen LogP contribution in [-0.4, -0.2) is 38.0 Å². The minimum atomic E-state index is -4.66. The van der Waals surface area contributed by atoms with Gasteiger partial charge in [-0.1, -0.05) is 30.7 Å². The number of rotatable bonds is 3. The maximum atomic E-state index is 13.8. The van der Waals surface area contributed by atoms with E-state index in [9.17, 15) is 18.0 Å². The van der Waals surface area contributed by atoms with Crippen molar-refractivity contribution < 1.29 is 18.0 Å². The fourth-order valence-electron chi connectivity index (χ4n) is 3.89. The number of halogens is 4. The Morgan fingerprint density at radius 2 is 1.93 bits per heavy atom. The number of amides is 1. The van der Waals surface area contributed by atoms with Gasteiger partial charge in [-0.3, -0.25) is 4.79 Å². The topological polar surface area (TPSA) is 50.5 Å². The van der Waals surface area contributed by atoms with Gasteiger partial charge in [-0.25, -0.2) is 9.50 Å². The molecule has 9 heteroatoms. The van der Waals surface area contributed by atoms with E-state index < -0.39 is 11.9 Å². The Bertz CT molecular complexity index is 1080. The van der Waals surface area contributed by atoms with Crippen molar-refractivity contribution in [2.45, 2.75) is 44.8 Å². The molecule has 0 radical (unpaired) electrons. The number of hydrogen-bond acceptors (Lipinski definition) is 3. The van der Waals surface area contributed by atoms with E-state index in [0.717, 1.165) is 31.7 Å². The Morgan fingerprint density at radius 1 is 1.20 bits per heavy atom. The number of carbonyl (C=O) groups excluding carboxylic acids is 1. The molecule has 1 aliphatic heterocycles. The molecule has 0 spiro atoms. The lowest BCUT2D eigenvalue weighted by atomic mass is 9.99. The highest BCUT2D eigenvalue weighted by Crippen LogP contribution is 2.33. The van der Waals surface area contributed by atoms with Crippen molar-refractivity contribution in [3.63, 3.8) is 0 Å². The molecule has 1 aliphatic rings. The van der Waals surface area contributed by atoms with Gasteiger partial charge >= 0.3 is 6.18 Å². The third-order valence-electron chi connectivity index (χ3n) is 5.44. The molecule has 0 saturated carbocycles. The van der Waals surface area contributed by atoms with Crippen LogP contribution in [-0.2, 0) is 6.18 Å². The van der Waals surface area contributed by atoms with Crippen LogP contribution < -0.4 is 0 Å². The summed E-state index contributed by atoms with van der Waals surface area (Å²) in [5.74, 6) is -0.354. The van der Waals surface area contributed by atoms with Gasteiger partial charge in [0.25, 0.3) is 5.91 Å². The van der Waals surface area contributed by atoms with Crippen molar-refractivity contribution in [1.82, 2.24) is 19.5 Å². The van der Waals surface area contributed by atoms with Crippen LogP contribution in [0.4, 0.5) is 13.2 Å². The lowest BCUT2D eigenvalue weighted by molar-refractivity contribution is -0.142. The summed E-state index contributed by atoms with van der Waals surface area (Å²) in [6.07, 6.45) is -1.06. The number of fused-ring (bicyclic) bond motifs is 1. The lowest BCUT2D eigenvalue weighted by Crippen LogP contribution is -2.43. The zero-order valence-electron chi connectivity index (χ0n) is 16.3. The normalized spacial score (nSPS) is 17.5. The minimum Gasteiger partial charge on any atom is -0.334 e. The van der Waals surface area contributed by atoms with Gasteiger partial charge in [0, 0.05) is 29.2 Å². The second-order valence-corrected chi connectivity index (χ2v) is 7.82. The van der Waals surface area contributed by atoms with Crippen LogP contribution >= 0.6 is 11.6 Å². The molecular weight excluding hydrogens is 417 g/mol.